The first-order valence-electron chi connectivity index (χ1n) is 5.41. The van der Waals surface area contributed by atoms with Crippen LogP contribution < -0.4 is 4.72 Å². The van der Waals surface area contributed by atoms with E-state index in [4.69, 9.17) is 16.0 Å². The van der Waals surface area contributed by atoms with Crippen LogP contribution in [0, 0.1) is 5.82 Å². The summed E-state index contributed by atoms with van der Waals surface area (Å²) in [6.07, 6.45) is 1.39. The van der Waals surface area contributed by atoms with Crippen molar-refractivity contribution in [2.24, 2.45) is 0 Å². The molecule has 0 atom stereocenters. The molecule has 1 aromatic carbocycles. The van der Waals surface area contributed by atoms with Crippen molar-refractivity contribution >= 4 is 26.9 Å². The van der Waals surface area contributed by atoms with E-state index in [0.29, 0.717) is 5.76 Å². The van der Waals surface area contributed by atoms with Crippen LogP contribution in [0.5, 0.6) is 0 Å². The fourth-order valence-electron chi connectivity index (χ4n) is 1.49. The van der Waals surface area contributed by atoms with Gasteiger partial charge >= 0.3 is 0 Å². The van der Waals surface area contributed by atoms with Gasteiger partial charge in [0.05, 0.1) is 12.8 Å². The molecule has 1 aromatic heterocycles. The Bertz CT molecular complexity index is 728. The van der Waals surface area contributed by atoms with Gasteiger partial charge in [0.25, 0.3) is 5.24 Å². The lowest BCUT2D eigenvalue weighted by Gasteiger charge is -2.07. The fourth-order valence-corrected chi connectivity index (χ4v) is 2.70. The van der Waals surface area contributed by atoms with Crippen LogP contribution in [-0.4, -0.2) is 13.7 Å². The average Bonchev–Trinajstić information content (AvgIpc) is 2.89. The molecule has 1 heterocycles. The van der Waals surface area contributed by atoms with E-state index in [0.717, 1.165) is 18.2 Å². The number of furan rings is 1. The fraction of sp³-hybridized carbons (Fsp3) is 0.0833. The summed E-state index contributed by atoms with van der Waals surface area (Å²) in [7, 11) is -4.12. The number of carbonyl (C=O) groups excluding carboxylic acids is 1. The molecule has 0 aliphatic carbocycles. The second-order valence-corrected chi connectivity index (χ2v) is 5.90. The Morgan fingerprint density at radius 2 is 2.10 bits per heavy atom. The quantitative estimate of drug-likeness (QED) is 0.858. The summed E-state index contributed by atoms with van der Waals surface area (Å²) >= 11 is 5.24. The number of rotatable bonds is 5. The topological polar surface area (TPSA) is 76.4 Å². The van der Waals surface area contributed by atoms with Gasteiger partial charge in [0.2, 0.25) is 10.0 Å². The normalized spacial score (nSPS) is 11.5. The molecule has 8 heteroatoms. The first kappa shape index (κ1) is 14.7. The summed E-state index contributed by atoms with van der Waals surface area (Å²) in [5, 5.41) is -0.868. The maximum Gasteiger partial charge on any atom is 0.252 e. The monoisotopic (exact) mass is 317 g/mol. The predicted octanol–water partition coefficient (Wildman–Crippen LogP) is 2.28. The van der Waals surface area contributed by atoms with Crippen LogP contribution in [0.4, 0.5) is 4.39 Å². The third-order valence-electron chi connectivity index (χ3n) is 2.46. The molecule has 106 valence electrons. The zero-order valence-corrected chi connectivity index (χ0v) is 11.5. The zero-order chi connectivity index (χ0) is 14.8. The molecule has 0 aliphatic heterocycles. The summed E-state index contributed by atoms with van der Waals surface area (Å²) < 4.78 is 44.7. The van der Waals surface area contributed by atoms with Crippen molar-refractivity contribution in [2.75, 3.05) is 0 Å². The summed E-state index contributed by atoms with van der Waals surface area (Å²) in [6.45, 7) is -0.131. The van der Waals surface area contributed by atoms with E-state index >= 15 is 0 Å². The molecule has 0 spiro atoms. The summed E-state index contributed by atoms with van der Waals surface area (Å²) in [6, 6.07) is 6.02. The Labute approximate surface area is 119 Å². The first-order valence-corrected chi connectivity index (χ1v) is 7.28. The van der Waals surface area contributed by atoms with Gasteiger partial charge in [0.1, 0.15) is 16.5 Å². The highest BCUT2D eigenvalue weighted by molar-refractivity contribution is 7.89. The molecule has 0 saturated carbocycles. The van der Waals surface area contributed by atoms with Gasteiger partial charge in [-0.05, 0) is 41.9 Å². The highest BCUT2D eigenvalue weighted by Gasteiger charge is 2.21. The third-order valence-corrected chi connectivity index (χ3v) is 4.10. The number of benzene rings is 1. The van der Waals surface area contributed by atoms with Gasteiger partial charge in [-0.2, -0.15) is 0 Å². The largest absolute Gasteiger partial charge is 0.468 e. The maximum absolute atomic E-state index is 13.6. The lowest BCUT2D eigenvalue weighted by atomic mass is 10.2. The Morgan fingerprint density at radius 3 is 2.70 bits per heavy atom. The molecule has 2 rings (SSSR count). The molecule has 0 fully saturated rings. The molecule has 0 bridgehead atoms. The van der Waals surface area contributed by atoms with Gasteiger partial charge in [-0.3, -0.25) is 4.79 Å². The summed E-state index contributed by atoms with van der Waals surface area (Å²) in [5.74, 6) is -0.600. The van der Waals surface area contributed by atoms with Gasteiger partial charge in [0, 0.05) is 5.56 Å². The van der Waals surface area contributed by atoms with Crippen LogP contribution in [-0.2, 0) is 16.6 Å². The summed E-state index contributed by atoms with van der Waals surface area (Å²) in [5.41, 5.74) is -0.105. The van der Waals surface area contributed by atoms with Gasteiger partial charge in [-0.1, -0.05) is 0 Å². The SMILES string of the molecule is O=C(Cl)c1ccc(F)c(S(=O)(=O)NCc2ccco2)c1. The number of hydrogen-bond acceptors (Lipinski definition) is 4. The van der Waals surface area contributed by atoms with E-state index < -0.39 is 26.0 Å². The van der Waals surface area contributed by atoms with E-state index in [1.165, 1.54) is 6.26 Å². The van der Waals surface area contributed by atoms with Crippen molar-refractivity contribution in [3.63, 3.8) is 0 Å². The highest BCUT2D eigenvalue weighted by Crippen LogP contribution is 2.18. The van der Waals surface area contributed by atoms with Crippen molar-refractivity contribution in [1.82, 2.24) is 4.72 Å². The molecule has 0 radical (unpaired) electrons. The van der Waals surface area contributed by atoms with Crippen LogP contribution in [0.1, 0.15) is 16.1 Å². The van der Waals surface area contributed by atoms with Crippen molar-refractivity contribution in [2.45, 2.75) is 11.4 Å². The third kappa shape index (κ3) is 3.24. The van der Waals surface area contributed by atoms with Crippen LogP contribution >= 0.6 is 11.6 Å². The molecule has 20 heavy (non-hydrogen) atoms. The average molecular weight is 318 g/mol. The number of halogens is 2. The van der Waals surface area contributed by atoms with Crippen molar-refractivity contribution in [1.29, 1.82) is 0 Å². The molecule has 2 aromatic rings. The molecular weight excluding hydrogens is 309 g/mol. The number of nitrogens with one attached hydrogen (secondary N) is 1. The van der Waals surface area contributed by atoms with Gasteiger partial charge in [-0.25, -0.2) is 17.5 Å². The molecule has 0 unspecified atom stereocenters. The molecular formula is C12H9ClFNO4S. The summed E-state index contributed by atoms with van der Waals surface area (Å²) in [4.78, 5) is 10.4. The van der Waals surface area contributed by atoms with Gasteiger partial charge in [0.15, 0.2) is 0 Å². The molecule has 0 amide bonds. The van der Waals surface area contributed by atoms with Crippen LogP contribution in [0.25, 0.3) is 0 Å². The van der Waals surface area contributed by atoms with Crippen LogP contribution in [0.3, 0.4) is 0 Å². The lowest BCUT2D eigenvalue weighted by molar-refractivity contribution is 0.108. The smallest absolute Gasteiger partial charge is 0.252 e. The number of carbonyl (C=O) groups is 1. The lowest BCUT2D eigenvalue weighted by Crippen LogP contribution is -2.24. The molecule has 1 N–H and O–H groups in total. The predicted molar refractivity (Wildman–Crippen MR) is 69.3 cm³/mol. The van der Waals surface area contributed by atoms with Crippen molar-refractivity contribution in [3.8, 4) is 0 Å². The Balaban J connectivity index is 2.28. The second kappa shape index (κ2) is 5.74. The van der Waals surface area contributed by atoms with Crippen molar-refractivity contribution in [3.05, 3.63) is 53.7 Å². The number of hydrogen-bond donors (Lipinski definition) is 1. The van der Waals surface area contributed by atoms with Crippen LogP contribution in [0.2, 0.25) is 0 Å². The zero-order valence-electron chi connectivity index (χ0n) is 9.97. The minimum absolute atomic E-state index is 0.105. The van der Waals surface area contributed by atoms with Gasteiger partial charge < -0.3 is 4.42 Å². The minimum atomic E-state index is -4.12. The van der Waals surface area contributed by atoms with Crippen LogP contribution in [0.15, 0.2) is 45.9 Å². The number of sulfonamides is 1. The standard InChI is InChI=1S/C12H9ClFNO4S/c13-12(16)8-3-4-10(14)11(6-8)20(17,18)15-7-9-2-1-5-19-9/h1-6,15H,7H2. The van der Waals surface area contributed by atoms with E-state index in [-0.39, 0.29) is 12.1 Å². The van der Waals surface area contributed by atoms with E-state index in [9.17, 15) is 17.6 Å². The highest BCUT2D eigenvalue weighted by atomic mass is 35.5. The van der Waals surface area contributed by atoms with E-state index in [2.05, 4.69) is 4.72 Å². The first-order chi connectivity index (χ1) is 9.40. The Kier molecular flexibility index (Phi) is 4.22. The minimum Gasteiger partial charge on any atom is -0.468 e. The molecule has 0 saturated heterocycles. The molecule has 0 aliphatic rings. The second-order valence-electron chi connectivity index (χ2n) is 3.82. The van der Waals surface area contributed by atoms with E-state index in [1.54, 1.807) is 12.1 Å². The van der Waals surface area contributed by atoms with Gasteiger partial charge in [-0.15, -0.1) is 0 Å². The Hall–Kier alpha value is -1.70. The Morgan fingerprint density at radius 1 is 1.35 bits per heavy atom. The van der Waals surface area contributed by atoms with E-state index in [1.807, 2.05) is 0 Å². The maximum atomic E-state index is 13.6. The molecule has 5 nitrogen and oxygen atoms in total. The van der Waals surface area contributed by atoms with Crippen molar-refractivity contribution < 1.29 is 22.0 Å².